The summed E-state index contributed by atoms with van der Waals surface area (Å²) in [6, 6.07) is 11.0. The van der Waals surface area contributed by atoms with Gasteiger partial charge < -0.3 is 15.2 Å². The molecule has 0 saturated heterocycles. The first-order valence-corrected chi connectivity index (χ1v) is 9.87. The van der Waals surface area contributed by atoms with Gasteiger partial charge in [-0.05, 0) is 48.3 Å². The van der Waals surface area contributed by atoms with Crippen molar-refractivity contribution in [2.45, 2.75) is 25.6 Å². The summed E-state index contributed by atoms with van der Waals surface area (Å²) < 4.78 is 18.7. The van der Waals surface area contributed by atoms with Gasteiger partial charge in [0, 0.05) is 12.1 Å². The highest BCUT2D eigenvalue weighted by atomic mass is 35.5. The Morgan fingerprint density at radius 2 is 2.04 bits per heavy atom. The largest absolute Gasteiger partial charge is 0.489 e. The molecule has 0 spiro atoms. The van der Waals surface area contributed by atoms with Gasteiger partial charge in [-0.25, -0.2) is 4.39 Å². The molecule has 1 atom stereocenters. The van der Waals surface area contributed by atoms with E-state index in [-0.39, 0.29) is 12.4 Å². The van der Waals surface area contributed by atoms with E-state index in [2.05, 4.69) is 5.32 Å². The number of nitrogens with one attached hydrogen (secondary N) is 1. The summed E-state index contributed by atoms with van der Waals surface area (Å²) >= 11 is 7.60. The van der Waals surface area contributed by atoms with Crippen molar-refractivity contribution in [1.29, 1.82) is 0 Å². The summed E-state index contributed by atoms with van der Waals surface area (Å²) in [4.78, 5) is 11.2. The van der Waals surface area contributed by atoms with Crippen LogP contribution in [0.5, 0.6) is 5.75 Å². The summed E-state index contributed by atoms with van der Waals surface area (Å²) in [7, 11) is 0. The molecule has 0 heterocycles. The van der Waals surface area contributed by atoms with Crippen molar-refractivity contribution in [3.8, 4) is 5.75 Å². The van der Waals surface area contributed by atoms with E-state index in [1.54, 1.807) is 17.8 Å². The molecule has 140 valence electrons. The van der Waals surface area contributed by atoms with Crippen molar-refractivity contribution in [2.75, 3.05) is 12.0 Å². The predicted molar refractivity (Wildman–Crippen MR) is 103 cm³/mol. The third kappa shape index (κ3) is 6.52. The van der Waals surface area contributed by atoms with Crippen LogP contribution in [0.25, 0.3) is 0 Å². The van der Waals surface area contributed by atoms with Crippen molar-refractivity contribution in [2.24, 2.45) is 0 Å². The van der Waals surface area contributed by atoms with Crippen molar-refractivity contribution >= 4 is 29.3 Å². The molecule has 0 aliphatic carbocycles. The van der Waals surface area contributed by atoms with Crippen LogP contribution >= 0.6 is 23.4 Å². The lowest BCUT2D eigenvalue weighted by Crippen LogP contribution is -2.36. The number of hydrogen-bond donors (Lipinski definition) is 2. The first-order chi connectivity index (χ1) is 12.5. The lowest BCUT2D eigenvalue weighted by Gasteiger charge is -2.14. The Morgan fingerprint density at radius 1 is 1.31 bits per heavy atom. The number of benzene rings is 2. The topological polar surface area (TPSA) is 58.6 Å². The first kappa shape index (κ1) is 20.6. The molecular formula is C19H21ClFNO3S. The third-order valence-electron chi connectivity index (χ3n) is 3.79. The molecule has 0 bridgehead atoms. The maximum Gasteiger partial charge on any atom is 0.320 e. The van der Waals surface area contributed by atoms with E-state index in [9.17, 15) is 14.3 Å². The van der Waals surface area contributed by atoms with Crippen LogP contribution in [0.2, 0.25) is 5.02 Å². The van der Waals surface area contributed by atoms with Crippen LogP contribution < -0.4 is 10.1 Å². The van der Waals surface area contributed by atoms with Crippen LogP contribution in [-0.2, 0) is 17.9 Å². The molecule has 0 fully saturated rings. The molecular weight excluding hydrogens is 377 g/mol. The highest BCUT2D eigenvalue weighted by molar-refractivity contribution is 7.98. The molecule has 0 aromatic heterocycles. The summed E-state index contributed by atoms with van der Waals surface area (Å²) in [5, 5.41) is 12.6. The first-order valence-electron chi connectivity index (χ1n) is 8.10. The highest BCUT2D eigenvalue weighted by Gasteiger charge is 2.15. The van der Waals surface area contributed by atoms with E-state index in [4.69, 9.17) is 16.3 Å². The zero-order valence-corrected chi connectivity index (χ0v) is 15.9. The molecule has 0 aliphatic rings. The van der Waals surface area contributed by atoms with E-state index in [1.165, 1.54) is 12.1 Å². The number of halogens is 2. The fraction of sp³-hybridized carbons (Fsp3) is 0.316. The van der Waals surface area contributed by atoms with Gasteiger partial charge >= 0.3 is 5.97 Å². The molecule has 7 heteroatoms. The third-order valence-corrected chi connectivity index (χ3v) is 4.79. The Hall–Kier alpha value is -1.76. The molecule has 2 aromatic rings. The highest BCUT2D eigenvalue weighted by Crippen LogP contribution is 2.20. The lowest BCUT2D eigenvalue weighted by atomic mass is 10.1. The normalized spacial score (nSPS) is 12.0. The Balaban J connectivity index is 1.86. The molecule has 0 amide bonds. The summed E-state index contributed by atoms with van der Waals surface area (Å²) in [6.45, 7) is 0.710. The van der Waals surface area contributed by atoms with Crippen LogP contribution in [0.4, 0.5) is 4.39 Å². The fourth-order valence-corrected chi connectivity index (χ4v) is 2.99. The number of carbonyl (C=O) groups is 1. The van der Waals surface area contributed by atoms with Crippen LogP contribution in [0.3, 0.4) is 0 Å². The van der Waals surface area contributed by atoms with Gasteiger partial charge in [0.2, 0.25) is 0 Å². The quantitative estimate of drug-likeness (QED) is 0.624. The average Bonchev–Trinajstić information content (AvgIpc) is 2.61. The number of carboxylic acid groups (broad SMARTS) is 1. The zero-order chi connectivity index (χ0) is 18.9. The molecule has 4 nitrogen and oxygen atoms in total. The predicted octanol–water partition coefficient (Wildman–Crippen LogP) is 4.35. The molecule has 2 rings (SSSR count). The standard InChI is InChI=1S/C19H21ClFNO3S/c1-26-9-8-18(19(23)24)22-11-13-2-6-16(7-3-13)25-12-14-4-5-15(21)10-17(14)20/h2-7,10,18,22H,8-9,11-12H2,1H3,(H,23,24). The van der Waals surface area contributed by atoms with Crippen LogP contribution in [-0.4, -0.2) is 29.1 Å². The SMILES string of the molecule is CSCCC(NCc1ccc(OCc2ccc(F)cc2Cl)cc1)C(=O)O. The minimum absolute atomic E-state index is 0.243. The van der Waals surface area contributed by atoms with Gasteiger partial charge in [0.25, 0.3) is 0 Å². The zero-order valence-electron chi connectivity index (χ0n) is 14.4. The molecule has 1 unspecified atom stereocenters. The second-order valence-corrected chi connectivity index (χ2v) is 7.11. The second kappa shape index (κ2) is 10.4. The van der Waals surface area contributed by atoms with Crippen LogP contribution in [0.1, 0.15) is 17.5 Å². The Kier molecular flexibility index (Phi) is 8.22. The lowest BCUT2D eigenvalue weighted by molar-refractivity contribution is -0.139. The number of hydrogen-bond acceptors (Lipinski definition) is 4. The number of aliphatic carboxylic acids is 1. The fourth-order valence-electron chi connectivity index (χ4n) is 2.29. The van der Waals surface area contributed by atoms with E-state index in [0.717, 1.165) is 11.3 Å². The van der Waals surface area contributed by atoms with Crippen LogP contribution in [0.15, 0.2) is 42.5 Å². The number of rotatable bonds is 10. The molecule has 0 radical (unpaired) electrons. The van der Waals surface area contributed by atoms with Crippen molar-refractivity contribution in [1.82, 2.24) is 5.32 Å². The van der Waals surface area contributed by atoms with Gasteiger partial charge in [-0.15, -0.1) is 0 Å². The Labute approximate surface area is 161 Å². The maximum atomic E-state index is 13.0. The van der Waals surface area contributed by atoms with Gasteiger partial charge in [-0.1, -0.05) is 29.8 Å². The van der Waals surface area contributed by atoms with Gasteiger partial charge in [0.15, 0.2) is 0 Å². The Morgan fingerprint density at radius 3 is 2.65 bits per heavy atom. The minimum Gasteiger partial charge on any atom is -0.489 e. The maximum absolute atomic E-state index is 13.0. The molecule has 0 saturated carbocycles. The van der Waals surface area contributed by atoms with Gasteiger partial charge in [-0.2, -0.15) is 11.8 Å². The minimum atomic E-state index is -0.838. The molecule has 26 heavy (non-hydrogen) atoms. The van der Waals surface area contributed by atoms with Crippen molar-refractivity contribution in [3.63, 3.8) is 0 Å². The van der Waals surface area contributed by atoms with Gasteiger partial charge in [-0.3, -0.25) is 4.79 Å². The van der Waals surface area contributed by atoms with Gasteiger partial charge in [0.1, 0.15) is 24.2 Å². The summed E-state index contributed by atoms with van der Waals surface area (Å²) in [5.74, 6) is 0.233. The summed E-state index contributed by atoms with van der Waals surface area (Å²) in [5.41, 5.74) is 1.67. The Bertz CT molecular complexity index is 727. The number of carboxylic acids is 1. The average molecular weight is 398 g/mol. The second-order valence-electron chi connectivity index (χ2n) is 5.72. The molecule has 2 N–H and O–H groups in total. The smallest absolute Gasteiger partial charge is 0.320 e. The van der Waals surface area contributed by atoms with E-state index in [0.29, 0.717) is 29.3 Å². The monoisotopic (exact) mass is 397 g/mol. The van der Waals surface area contributed by atoms with E-state index in [1.807, 2.05) is 30.5 Å². The summed E-state index contributed by atoms with van der Waals surface area (Å²) in [6.07, 6.45) is 2.53. The number of ether oxygens (including phenoxy) is 1. The molecule has 2 aromatic carbocycles. The van der Waals surface area contributed by atoms with E-state index >= 15 is 0 Å². The number of thioether (sulfide) groups is 1. The van der Waals surface area contributed by atoms with E-state index < -0.39 is 12.0 Å². The van der Waals surface area contributed by atoms with Crippen molar-refractivity contribution < 1.29 is 19.0 Å². The van der Waals surface area contributed by atoms with Gasteiger partial charge in [0.05, 0.1) is 5.02 Å². The molecule has 0 aliphatic heterocycles. The van der Waals surface area contributed by atoms with Crippen molar-refractivity contribution in [3.05, 3.63) is 64.4 Å². The van der Waals surface area contributed by atoms with Crippen LogP contribution in [0, 0.1) is 5.82 Å².